The Bertz CT molecular complexity index is 542. The predicted molar refractivity (Wildman–Crippen MR) is 84.0 cm³/mol. The minimum atomic E-state index is -1.19. The average Bonchev–Trinajstić information content (AvgIpc) is 2.52. The maximum atomic E-state index is 11.7. The molecule has 2 amide bonds. The van der Waals surface area contributed by atoms with Gasteiger partial charge in [0.1, 0.15) is 0 Å². The first-order valence-electron chi connectivity index (χ1n) is 7.25. The van der Waals surface area contributed by atoms with Crippen LogP contribution >= 0.6 is 0 Å². The number of rotatable bonds is 9. The van der Waals surface area contributed by atoms with Gasteiger partial charge in [0.15, 0.2) is 6.04 Å². The Morgan fingerprint density at radius 3 is 2.39 bits per heavy atom. The van der Waals surface area contributed by atoms with Crippen LogP contribution in [0, 0.1) is 6.92 Å². The van der Waals surface area contributed by atoms with Crippen LogP contribution in [0.1, 0.15) is 17.5 Å². The lowest BCUT2D eigenvalue weighted by molar-refractivity contribution is -0.143. The summed E-state index contributed by atoms with van der Waals surface area (Å²) < 4.78 is 4.70. The Balaban J connectivity index is 2.30. The highest BCUT2D eigenvalue weighted by Gasteiger charge is 2.19. The van der Waals surface area contributed by atoms with Crippen LogP contribution in [0.5, 0.6) is 0 Å². The number of carbonyl (C=O) groups is 3. The second-order valence-electron chi connectivity index (χ2n) is 5.18. The van der Waals surface area contributed by atoms with Gasteiger partial charge in [0.05, 0.1) is 13.2 Å². The van der Waals surface area contributed by atoms with Crippen molar-refractivity contribution in [3.63, 3.8) is 0 Å². The molecular formula is C16H22N2O5. The molecule has 1 aromatic carbocycles. The van der Waals surface area contributed by atoms with Gasteiger partial charge in [-0.05, 0) is 18.9 Å². The fraction of sp³-hybridized carbons (Fsp3) is 0.438. The molecule has 0 aliphatic rings. The van der Waals surface area contributed by atoms with E-state index >= 15 is 0 Å². The summed E-state index contributed by atoms with van der Waals surface area (Å²) in [6.07, 6.45) is 0.839. The molecule has 1 unspecified atom stereocenters. The molecule has 1 aromatic rings. The fourth-order valence-electron chi connectivity index (χ4n) is 1.87. The zero-order valence-corrected chi connectivity index (χ0v) is 13.3. The lowest BCUT2D eigenvalue weighted by atomic mass is 10.1. The topological polar surface area (TPSA) is 105 Å². The molecule has 1 atom stereocenters. The van der Waals surface area contributed by atoms with Crippen LogP contribution in [0.3, 0.4) is 0 Å². The van der Waals surface area contributed by atoms with Crippen LogP contribution in [-0.2, 0) is 25.5 Å². The smallest absolute Gasteiger partial charge is 0.328 e. The van der Waals surface area contributed by atoms with Crippen LogP contribution in [0.15, 0.2) is 24.3 Å². The molecule has 0 saturated heterocycles. The second-order valence-corrected chi connectivity index (χ2v) is 5.18. The Morgan fingerprint density at radius 1 is 1.17 bits per heavy atom. The second kappa shape index (κ2) is 9.58. The van der Waals surface area contributed by atoms with Crippen molar-refractivity contribution in [2.45, 2.75) is 25.8 Å². The highest BCUT2D eigenvalue weighted by molar-refractivity contribution is 5.87. The van der Waals surface area contributed by atoms with E-state index in [0.717, 1.165) is 11.1 Å². The number of hydrogen-bond donors (Lipinski definition) is 3. The zero-order valence-electron chi connectivity index (χ0n) is 13.3. The number of ether oxygens (including phenoxy) is 1. The monoisotopic (exact) mass is 322 g/mol. The minimum absolute atomic E-state index is 0.136. The maximum Gasteiger partial charge on any atom is 0.328 e. The highest BCUT2D eigenvalue weighted by Crippen LogP contribution is 2.05. The number of aryl methyl sites for hydroxylation is 2. The molecule has 0 spiro atoms. The van der Waals surface area contributed by atoms with Gasteiger partial charge in [0, 0.05) is 13.5 Å². The Labute approximate surface area is 135 Å². The Hall–Kier alpha value is -2.41. The molecule has 7 nitrogen and oxygen atoms in total. The van der Waals surface area contributed by atoms with Gasteiger partial charge in [-0.2, -0.15) is 0 Å². The van der Waals surface area contributed by atoms with Gasteiger partial charge in [0.25, 0.3) is 0 Å². The summed E-state index contributed by atoms with van der Waals surface area (Å²) in [7, 11) is 1.34. The Morgan fingerprint density at radius 2 is 1.83 bits per heavy atom. The van der Waals surface area contributed by atoms with Crippen molar-refractivity contribution in [3.05, 3.63) is 35.4 Å². The molecule has 3 N–H and O–H groups in total. The van der Waals surface area contributed by atoms with Crippen molar-refractivity contribution in [2.24, 2.45) is 0 Å². The van der Waals surface area contributed by atoms with Crippen molar-refractivity contribution >= 4 is 17.8 Å². The van der Waals surface area contributed by atoms with E-state index in [0.29, 0.717) is 6.42 Å². The van der Waals surface area contributed by atoms with Crippen molar-refractivity contribution in [1.29, 1.82) is 0 Å². The number of benzene rings is 1. The van der Waals surface area contributed by atoms with Crippen LogP contribution < -0.4 is 10.6 Å². The average molecular weight is 322 g/mol. The van der Waals surface area contributed by atoms with E-state index in [1.807, 2.05) is 31.2 Å². The number of hydrogen-bond acceptors (Lipinski definition) is 4. The summed E-state index contributed by atoms with van der Waals surface area (Å²) in [5, 5.41) is 13.6. The SMILES string of the molecule is COCC(NC(=O)CNC(=O)CCc1ccc(C)cc1)C(=O)O. The largest absolute Gasteiger partial charge is 0.480 e. The molecular weight excluding hydrogens is 300 g/mol. The van der Waals surface area contributed by atoms with E-state index in [1.165, 1.54) is 7.11 Å². The molecule has 0 aliphatic carbocycles. The molecule has 23 heavy (non-hydrogen) atoms. The summed E-state index contributed by atoms with van der Waals surface area (Å²) in [5.41, 5.74) is 2.19. The molecule has 7 heteroatoms. The summed E-state index contributed by atoms with van der Waals surface area (Å²) in [5.74, 6) is -2.02. The molecule has 126 valence electrons. The normalized spacial score (nSPS) is 11.6. The van der Waals surface area contributed by atoms with E-state index in [4.69, 9.17) is 9.84 Å². The van der Waals surface area contributed by atoms with Gasteiger partial charge in [0.2, 0.25) is 11.8 Å². The first-order valence-corrected chi connectivity index (χ1v) is 7.25. The van der Waals surface area contributed by atoms with E-state index < -0.39 is 17.9 Å². The first kappa shape index (κ1) is 18.6. The summed E-state index contributed by atoms with van der Waals surface area (Å²) >= 11 is 0. The minimum Gasteiger partial charge on any atom is -0.480 e. The number of carbonyl (C=O) groups excluding carboxylic acids is 2. The summed E-state index contributed by atoms with van der Waals surface area (Å²) in [6, 6.07) is 6.73. The molecule has 0 heterocycles. The van der Waals surface area contributed by atoms with Crippen LogP contribution in [0.2, 0.25) is 0 Å². The van der Waals surface area contributed by atoms with Gasteiger partial charge >= 0.3 is 5.97 Å². The van der Waals surface area contributed by atoms with Gasteiger partial charge in [-0.3, -0.25) is 9.59 Å². The van der Waals surface area contributed by atoms with Gasteiger partial charge < -0.3 is 20.5 Å². The Kier molecular flexibility index (Phi) is 7.76. The third-order valence-electron chi connectivity index (χ3n) is 3.17. The van der Waals surface area contributed by atoms with Crippen molar-refractivity contribution < 1.29 is 24.2 Å². The van der Waals surface area contributed by atoms with Crippen LogP contribution in [0.4, 0.5) is 0 Å². The molecule has 0 fully saturated rings. The highest BCUT2D eigenvalue weighted by atomic mass is 16.5. The summed E-state index contributed by atoms with van der Waals surface area (Å²) in [4.78, 5) is 34.2. The van der Waals surface area contributed by atoms with Crippen molar-refractivity contribution in [2.75, 3.05) is 20.3 Å². The molecule has 0 aromatic heterocycles. The number of amides is 2. The van der Waals surface area contributed by atoms with Gasteiger partial charge in [-0.15, -0.1) is 0 Å². The van der Waals surface area contributed by atoms with E-state index in [2.05, 4.69) is 10.6 Å². The maximum absolute atomic E-state index is 11.7. The number of carboxylic acids is 1. The zero-order chi connectivity index (χ0) is 17.2. The molecule has 0 saturated carbocycles. The third-order valence-corrected chi connectivity index (χ3v) is 3.17. The fourth-order valence-corrected chi connectivity index (χ4v) is 1.87. The number of carboxylic acid groups (broad SMARTS) is 1. The molecule has 1 rings (SSSR count). The van der Waals surface area contributed by atoms with E-state index in [-0.39, 0.29) is 25.5 Å². The van der Waals surface area contributed by atoms with E-state index in [1.54, 1.807) is 0 Å². The number of nitrogens with one attached hydrogen (secondary N) is 2. The lowest BCUT2D eigenvalue weighted by Crippen LogP contribution is -2.47. The van der Waals surface area contributed by atoms with Gasteiger partial charge in [-0.25, -0.2) is 4.79 Å². The third kappa shape index (κ3) is 7.42. The van der Waals surface area contributed by atoms with E-state index in [9.17, 15) is 14.4 Å². The van der Waals surface area contributed by atoms with Crippen molar-refractivity contribution in [1.82, 2.24) is 10.6 Å². The number of methoxy groups -OCH3 is 1. The molecule has 0 aliphatic heterocycles. The number of aliphatic carboxylic acids is 1. The standard InChI is InChI=1S/C16H22N2O5/c1-11-3-5-12(6-4-11)7-8-14(19)17-9-15(20)18-13(10-23-2)16(21)22/h3-6,13H,7-10H2,1-2H3,(H,17,19)(H,18,20)(H,21,22). The predicted octanol–water partition coefficient (Wildman–Crippen LogP) is 0.260. The van der Waals surface area contributed by atoms with Crippen LogP contribution in [-0.4, -0.2) is 49.2 Å². The first-order chi connectivity index (χ1) is 10.9. The molecule has 0 radical (unpaired) electrons. The van der Waals surface area contributed by atoms with Gasteiger partial charge in [-0.1, -0.05) is 29.8 Å². The van der Waals surface area contributed by atoms with Crippen LogP contribution in [0.25, 0.3) is 0 Å². The van der Waals surface area contributed by atoms with Crippen molar-refractivity contribution in [3.8, 4) is 0 Å². The molecule has 0 bridgehead atoms. The lowest BCUT2D eigenvalue weighted by Gasteiger charge is -2.13. The summed E-state index contributed by atoms with van der Waals surface area (Å²) in [6.45, 7) is 1.59. The quantitative estimate of drug-likeness (QED) is 0.605.